The fourth-order valence-electron chi connectivity index (χ4n) is 1.40. The highest BCUT2D eigenvalue weighted by Crippen LogP contribution is 1.98. The number of hydrogen-bond acceptors (Lipinski definition) is 14. The second kappa shape index (κ2) is 15.1. The molecule has 0 amide bonds. The van der Waals surface area contributed by atoms with Gasteiger partial charge >= 0.3 is 35.8 Å². The summed E-state index contributed by atoms with van der Waals surface area (Å²) in [4.78, 5) is 67.9. The first-order chi connectivity index (χ1) is 15.3. The Bertz CT molecular complexity index is 719. The fourth-order valence-corrected chi connectivity index (χ4v) is 1.40. The summed E-state index contributed by atoms with van der Waals surface area (Å²) in [7, 11) is 0. The third kappa shape index (κ3) is 13.3. The molecule has 33 heavy (non-hydrogen) atoms. The normalized spacial score (nSPS) is 11.8. The molecular formula is C19H24O14. The first kappa shape index (κ1) is 29.2. The van der Waals surface area contributed by atoms with E-state index in [1.54, 1.807) is 0 Å². The van der Waals surface area contributed by atoms with Crippen LogP contribution in [0.1, 0.15) is 13.8 Å². The average Bonchev–Trinajstić information content (AvgIpc) is 2.76. The molecule has 2 N–H and O–H groups in total. The highest BCUT2D eigenvalue weighted by Gasteiger charge is 2.23. The van der Waals surface area contributed by atoms with E-state index in [2.05, 4.69) is 41.6 Å². The highest BCUT2D eigenvalue weighted by molar-refractivity contribution is 6.30. The second-order valence-electron chi connectivity index (χ2n) is 6.24. The van der Waals surface area contributed by atoms with E-state index in [4.69, 9.17) is 0 Å². The summed E-state index contributed by atoms with van der Waals surface area (Å²) < 4.78 is 26.5. The molecule has 0 bridgehead atoms. The van der Waals surface area contributed by atoms with E-state index in [9.17, 15) is 39.0 Å². The maximum absolute atomic E-state index is 11.4. The van der Waals surface area contributed by atoms with Gasteiger partial charge in [0.05, 0.1) is 0 Å². The molecule has 0 rings (SSSR count). The van der Waals surface area contributed by atoms with Gasteiger partial charge in [-0.05, 0) is 13.8 Å². The predicted octanol–water partition coefficient (Wildman–Crippen LogP) is -1.92. The topological polar surface area (TPSA) is 198 Å². The van der Waals surface area contributed by atoms with E-state index >= 15 is 0 Å². The van der Waals surface area contributed by atoms with Crippen LogP contribution in [0.25, 0.3) is 0 Å². The summed E-state index contributed by atoms with van der Waals surface area (Å²) in [6.45, 7) is 5.76. The number of rotatable bonds is 12. The first-order valence-corrected chi connectivity index (χ1v) is 9.04. The molecule has 0 aliphatic carbocycles. The van der Waals surface area contributed by atoms with Gasteiger partial charge in [-0.2, -0.15) is 0 Å². The Balaban J connectivity index is 4.10. The smallest absolute Gasteiger partial charge is 0.420 e. The minimum atomic E-state index is -1.61. The molecule has 0 heterocycles. The molecule has 0 saturated carbocycles. The molecule has 2 unspecified atom stereocenters. The van der Waals surface area contributed by atoms with Crippen molar-refractivity contribution in [1.29, 1.82) is 0 Å². The van der Waals surface area contributed by atoms with Crippen LogP contribution in [0.3, 0.4) is 0 Å². The monoisotopic (exact) mass is 476 g/mol. The molecule has 0 spiro atoms. The van der Waals surface area contributed by atoms with Crippen molar-refractivity contribution in [3.8, 4) is 0 Å². The molecule has 14 nitrogen and oxygen atoms in total. The maximum Gasteiger partial charge on any atom is 0.420 e. The fraction of sp³-hybridized carbons (Fsp3) is 0.474. The summed E-state index contributed by atoms with van der Waals surface area (Å²) in [5, 5.41) is 19.0. The van der Waals surface area contributed by atoms with Gasteiger partial charge in [-0.15, -0.1) is 0 Å². The molecule has 14 heteroatoms. The van der Waals surface area contributed by atoms with E-state index < -0.39 is 81.2 Å². The Morgan fingerprint density at radius 2 is 0.788 bits per heavy atom. The second-order valence-corrected chi connectivity index (χ2v) is 6.24. The third-order valence-corrected chi connectivity index (χ3v) is 3.04. The number of aliphatic hydroxyl groups is 2. The zero-order valence-electron chi connectivity index (χ0n) is 17.9. The molecule has 184 valence electrons. The Morgan fingerprint density at radius 1 is 0.545 bits per heavy atom. The Labute approximate surface area is 187 Å². The van der Waals surface area contributed by atoms with Gasteiger partial charge in [0.25, 0.3) is 0 Å². The molecule has 0 aromatic heterocycles. The van der Waals surface area contributed by atoms with Gasteiger partial charge in [0, 0.05) is 11.1 Å². The van der Waals surface area contributed by atoms with Gasteiger partial charge in [-0.25, -0.2) is 28.8 Å². The first-order valence-electron chi connectivity index (χ1n) is 9.04. The molecule has 0 fully saturated rings. The number of hydrogen-bond donors (Lipinski definition) is 2. The van der Waals surface area contributed by atoms with Gasteiger partial charge in [0.15, 0.2) is 0 Å². The Hall–Kier alpha value is -3.78. The third-order valence-electron chi connectivity index (χ3n) is 3.04. The van der Waals surface area contributed by atoms with Crippen molar-refractivity contribution in [1.82, 2.24) is 0 Å². The van der Waals surface area contributed by atoms with Gasteiger partial charge in [-0.3, -0.25) is 0 Å². The summed E-state index contributed by atoms with van der Waals surface area (Å²) in [6.07, 6.45) is -2.87. The molecule has 0 aliphatic heterocycles. The van der Waals surface area contributed by atoms with E-state index in [1.807, 2.05) is 0 Å². The SMILES string of the molecule is C=C(C)C(=O)OCC(O)COC(=O)C(=O)OCOC(=O)C(=O)OCC(O)COC(=O)C(=C)C. The van der Waals surface area contributed by atoms with Crippen LogP contribution in [-0.4, -0.2) is 91.5 Å². The number of ether oxygens (including phenoxy) is 6. The van der Waals surface area contributed by atoms with Crippen LogP contribution in [0.4, 0.5) is 0 Å². The van der Waals surface area contributed by atoms with Crippen LogP contribution >= 0.6 is 0 Å². The zero-order valence-corrected chi connectivity index (χ0v) is 17.9. The van der Waals surface area contributed by atoms with Crippen molar-refractivity contribution in [2.75, 3.05) is 33.2 Å². The summed E-state index contributed by atoms with van der Waals surface area (Å²) >= 11 is 0. The van der Waals surface area contributed by atoms with Gasteiger partial charge in [0.1, 0.15) is 38.6 Å². The van der Waals surface area contributed by atoms with E-state index in [0.717, 1.165) is 0 Å². The molecule has 0 aliphatic rings. The molecule has 0 aromatic rings. The van der Waals surface area contributed by atoms with Gasteiger partial charge in [-0.1, -0.05) is 13.2 Å². The van der Waals surface area contributed by atoms with Crippen LogP contribution in [0.2, 0.25) is 0 Å². The minimum Gasteiger partial charge on any atom is -0.459 e. The zero-order chi connectivity index (χ0) is 25.6. The lowest BCUT2D eigenvalue weighted by atomic mass is 10.3. The van der Waals surface area contributed by atoms with Gasteiger partial charge < -0.3 is 38.6 Å². The quantitative estimate of drug-likeness (QED) is 0.104. The average molecular weight is 476 g/mol. The number of carbonyl (C=O) groups is 6. The van der Waals surface area contributed by atoms with Crippen LogP contribution in [-0.2, 0) is 57.2 Å². The Morgan fingerprint density at radius 3 is 1.06 bits per heavy atom. The molecule has 0 saturated heterocycles. The van der Waals surface area contributed by atoms with E-state index in [0.29, 0.717) is 0 Å². The predicted molar refractivity (Wildman–Crippen MR) is 103 cm³/mol. The minimum absolute atomic E-state index is 0.0847. The lowest BCUT2D eigenvalue weighted by Gasteiger charge is -2.12. The Kier molecular flexibility index (Phi) is 13.4. The van der Waals surface area contributed by atoms with Crippen molar-refractivity contribution < 1.29 is 67.4 Å². The van der Waals surface area contributed by atoms with Crippen LogP contribution < -0.4 is 0 Å². The summed E-state index contributed by atoms with van der Waals surface area (Å²) in [6, 6.07) is 0. The van der Waals surface area contributed by atoms with E-state index in [1.165, 1.54) is 13.8 Å². The molecule has 2 atom stereocenters. The van der Waals surface area contributed by atoms with Crippen molar-refractivity contribution in [3.63, 3.8) is 0 Å². The lowest BCUT2D eigenvalue weighted by Crippen LogP contribution is -2.31. The summed E-state index contributed by atoms with van der Waals surface area (Å²) in [5.74, 6) is -7.91. The van der Waals surface area contributed by atoms with Crippen molar-refractivity contribution >= 4 is 35.8 Å². The number of carbonyl (C=O) groups excluding carboxylic acids is 6. The van der Waals surface area contributed by atoms with E-state index in [-0.39, 0.29) is 11.1 Å². The lowest BCUT2D eigenvalue weighted by molar-refractivity contribution is -0.185. The van der Waals surface area contributed by atoms with Gasteiger partial charge in [0.2, 0.25) is 6.79 Å². The molecule has 0 aromatic carbocycles. The number of aliphatic hydroxyl groups excluding tert-OH is 2. The van der Waals surface area contributed by atoms with Crippen molar-refractivity contribution in [2.24, 2.45) is 0 Å². The van der Waals surface area contributed by atoms with Crippen molar-refractivity contribution in [3.05, 3.63) is 24.3 Å². The highest BCUT2D eigenvalue weighted by atomic mass is 16.7. The molecule has 0 radical (unpaired) electrons. The maximum atomic E-state index is 11.4. The molecular weight excluding hydrogens is 452 g/mol. The van der Waals surface area contributed by atoms with Crippen LogP contribution in [0.5, 0.6) is 0 Å². The van der Waals surface area contributed by atoms with Crippen LogP contribution in [0.15, 0.2) is 24.3 Å². The van der Waals surface area contributed by atoms with Crippen LogP contribution in [0, 0.1) is 0 Å². The largest absolute Gasteiger partial charge is 0.459 e. The summed E-state index contributed by atoms with van der Waals surface area (Å²) in [5.41, 5.74) is 0.169. The standard InChI is InChI=1S/C19H24O14/c1-10(2)14(22)28-5-12(20)7-30-16(24)18(26)32-9-33-19(27)17(25)31-8-13(21)6-29-15(23)11(3)4/h12-13,20-21H,1,3,5-9H2,2,4H3. The van der Waals surface area contributed by atoms with Crippen molar-refractivity contribution in [2.45, 2.75) is 26.1 Å². The number of esters is 6.